The molecule has 0 bridgehead atoms. The number of hydrogen-bond donors (Lipinski definition) is 1. The minimum atomic E-state index is -4.54. The number of rotatable bonds is 4. The van der Waals surface area contributed by atoms with E-state index in [1.54, 1.807) is 18.2 Å². The Labute approximate surface area is 158 Å². The summed E-state index contributed by atoms with van der Waals surface area (Å²) in [4.78, 5) is 12.6. The van der Waals surface area contributed by atoms with Crippen LogP contribution in [0.5, 0.6) is 0 Å². The Kier molecular flexibility index (Phi) is 5.50. The number of carbonyl (C=O) groups excluding carboxylic acids is 1. The summed E-state index contributed by atoms with van der Waals surface area (Å²) in [6.45, 7) is 0. The van der Waals surface area contributed by atoms with E-state index in [4.69, 9.17) is 0 Å². The quantitative estimate of drug-likeness (QED) is 0.830. The van der Waals surface area contributed by atoms with Gasteiger partial charge in [-0.25, -0.2) is 8.42 Å². The first kappa shape index (κ1) is 19.7. The fourth-order valence-electron chi connectivity index (χ4n) is 2.60. The molecule has 1 aliphatic heterocycles. The predicted molar refractivity (Wildman–Crippen MR) is 96.7 cm³/mol. The predicted octanol–water partition coefficient (Wildman–Crippen LogP) is 3.41. The lowest BCUT2D eigenvalue weighted by molar-refractivity contribution is -0.137. The number of nitrogens with zero attached hydrogens (tertiary/aromatic N) is 1. The first-order valence-corrected chi connectivity index (χ1v) is 10.4. The third-order valence-corrected chi connectivity index (χ3v) is 7.00. The Balaban J connectivity index is 1.81. The molecule has 1 saturated heterocycles. The van der Waals surface area contributed by atoms with Gasteiger partial charge in [0.05, 0.1) is 16.3 Å². The lowest BCUT2D eigenvalue weighted by atomic mass is 10.2. The number of carbonyl (C=O) groups is 1. The summed E-state index contributed by atoms with van der Waals surface area (Å²) in [5.74, 6) is -0.353. The number of amides is 1. The van der Waals surface area contributed by atoms with Crippen LogP contribution in [-0.2, 0) is 21.0 Å². The van der Waals surface area contributed by atoms with Crippen LogP contribution in [0.2, 0.25) is 0 Å². The van der Waals surface area contributed by atoms with Crippen LogP contribution in [0.15, 0.2) is 59.5 Å². The third-order valence-electron chi connectivity index (χ3n) is 3.95. The maximum Gasteiger partial charge on any atom is 0.416 e. The second-order valence-corrected chi connectivity index (χ2v) is 8.68. The number of hydrogen-bond acceptors (Lipinski definition) is 4. The van der Waals surface area contributed by atoms with Crippen molar-refractivity contribution in [2.45, 2.75) is 17.1 Å². The Morgan fingerprint density at radius 2 is 1.81 bits per heavy atom. The van der Waals surface area contributed by atoms with Gasteiger partial charge in [0.25, 0.3) is 0 Å². The number of nitrogens with one attached hydrogen (secondary N) is 1. The molecular weight excluding hydrogens is 401 g/mol. The average molecular weight is 416 g/mol. The van der Waals surface area contributed by atoms with Gasteiger partial charge in [-0.05, 0) is 30.3 Å². The van der Waals surface area contributed by atoms with Gasteiger partial charge < -0.3 is 5.32 Å². The molecule has 0 unspecified atom stereocenters. The molecule has 1 N–H and O–H groups in total. The van der Waals surface area contributed by atoms with E-state index in [9.17, 15) is 26.4 Å². The highest BCUT2D eigenvalue weighted by Gasteiger charge is 2.40. The van der Waals surface area contributed by atoms with Crippen LogP contribution in [0.3, 0.4) is 0 Å². The van der Waals surface area contributed by atoms with Gasteiger partial charge >= 0.3 is 6.18 Å². The van der Waals surface area contributed by atoms with E-state index in [0.717, 1.165) is 16.4 Å². The molecule has 0 aromatic heterocycles. The number of anilines is 1. The zero-order chi connectivity index (χ0) is 19.7. The minimum absolute atomic E-state index is 0.0382. The number of halogens is 3. The Bertz CT molecular complexity index is 934. The van der Waals surface area contributed by atoms with Crippen LogP contribution in [0.1, 0.15) is 5.56 Å². The summed E-state index contributed by atoms with van der Waals surface area (Å²) in [7, 11) is -3.88. The molecule has 144 valence electrons. The van der Waals surface area contributed by atoms with Crippen molar-refractivity contribution < 1.29 is 26.4 Å². The topological polar surface area (TPSA) is 66.5 Å². The second kappa shape index (κ2) is 7.53. The third kappa shape index (κ3) is 4.28. The zero-order valence-electron chi connectivity index (χ0n) is 13.8. The highest BCUT2D eigenvalue weighted by molar-refractivity contribution is 8.00. The van der Waals surface area contributed by atoms with Crippen molar-refractivity contribution in [2.24, 2.45) is 0 Å². The summed E-state index contributed by atoms with van der Waals surface area (Å²) in [6, 6.07) is 10.9. The molecule has 2 aromatic rings. The molecule has 10 heteroatoms. The van der Waals surface area contributed by atoms with Gasteiger partial charge in [0, 0.05) is 11.4 Å². The summed E-state index contributed by atoms with van der Waals surface area (Å²) in [5, 5.41) is 2.39. The number of benzene rings is 2. The minimum Gasteiger partial charge on any atom is -0.325 e. The smallest absolute Gasteiger partial charge is 0.325 e. The van der Waals surface area contributed by atoms with E-state index in [2.05, 4.69) is 5.32 Å². The van der Waals surface area contributed by atoms with Crippen molar-refractivity contribution in [3.63, 3.8) is 0 Å². The van der Waals surface area contributed by atoms with Gasteiger partial charge in [-0.2, -0.15) is 17.5 Å². The normalized spacial score (nSPS) is 18.4. The van der Waals surface area contributed by atoms with Gasteiger partial charge in [0.15, 0.2) is 0 Å². The van der Waals surface area contributed by atoms with Gasteiger partial charge in [-0.3, -0.25) is 4.79 Å². The van der Waals surface area contributed by atoms with Crippen LogP contribution >= 0.6 is 11.8 Å². The van der Waals surface area contributed by atoms with Gasteiger partial charge in [0.1, 0.15) is 6.04 Å². The van der Waals surface area contributed by atoms with Crippen molar-refractivity contribution in [3.05, 3.63) is 60.2 Å². The summed E-state index contributed by atoms with van der Waals surface area (Å²) < 4.78 is 65.0. The fraction of sp³-hybridized carbons (Fsp3) is 0.235. The molecule has 0 radical (unpaired) electrons. The maximum atomic E-state index is 12.8. The molecule has 0 aliphatic carbocycles. The first-order valence-electron chi connectivity index (χ1n) is 7.82. The molecule has 3 rings (SSSR count). The molecule has 0 spiro atoms. The highest BCUT2D eigenvalue weighted by atomic mass is 32.2. The van der Waals surface area contributed by atoms with Crippen LogP contribution in [-0.4, -0.2) is 36.3 Å². The van der Waals surface area contributed by atoms with Gasteiger partial charge in [-0.15, -0.1) is 11.8 Å². The number of sulfonamides is 1. The van der Waals surface area contributed by atoms with Crippen LogP contribution < -0.4 is 5.32 Å². The fourth-order valence-corrected chi connectivity index (χ4v) is 5.77. The average Bonchev–Trinajstić information content (AvgIpc) is 3.13. The van der Waals surface area contributed by atoms with E-state index in [-0.39, 0.29) is 22.2 Å². The van der Waals surface area contributed by atoms with E-state index in [1.807, 2.05) is 0 Å². The Hall–Kier alpha value is -2.04. The summed E-state index contributed by atoms with van der Waals surface area (Å²) in [5.41, 5.74) is -0.932. The maximum absolute atomic E-state index is 12.8. The first-order chi connectivity index (χ1) is 12.7. The molecule has 1 fully saturated rings. The molecule has 1 amide bonds. The van der Waals surface area contributed by atoms with Crippen molar-refractivity contribution in [1.29, 1.82) is 0 Å². The molecule has 1 aliphatic rings. The molecule has 0 saturated carbocycles. The summed E-state index contributed by atoms with van der Waals surface area (Å²) in [6.07, 6.45) is -4.54. The lowest BCUT2D eigenvalue weighted by Crippen LogP contribution is -2.44. The molecular formula is C17H15F3N2O3S2. The highest BCUT2D eigenvalue weighted by Crippen LogP contribution is 2.32. The monoisotopic (exact) mass is 416 g/mol. The van der Waals surface area contributed by atoms with E-state index < -0.39 is 33.7 Å². The second-order valence-electron chi connectivity index (χ2n) is 5.79. The SMILES string of the molecule is O=C(Nc1cccc(C(F)(F)F)c1)[C@@H]1CSCN1S(=O)(=O)c1ccccc1. The van der Waals surface area contributed by atoms with Gasteiger partial charge in [-0.1, -0.05) is 24.3 Å². The lowest BCUT2D eigenvalue weighted by Gasteiger charge is -2.22. The van der Waals surface area contributed by atoms with Crippen molar-refractivity contribution in [2.75, 3.05) is 16.9 Å². The molecule has 1 atom stereocenters. The number of alkyl halides is 3. The van der Waals surface area contributed by atoms with Crippen LogP contribution in [0.25, 0.3) is 0 Å². The molecule has 1 heterocycles. The summed E-state index contributed by atoms with van der Waals surface area (Å²) >= 11 is 1.26. The zero-order valence-corrected chi connectivity index (χ0v) is 15.4. The van der Waals surface area contributed by atoms with E-state index in [1.165, 1.54) is 36.0 Å². The molecule has 2 aromatic carbocycles. The molecule has 27 heavy (non-hydrogen) atoms. The van der Waals surface area contributed by atoms with Crippen molar-refractivity contribution >= 4 is 33.4 Å². The number of thioether (sulfide) groups is 1. The van der Waals surface area contributed by atoms with E-state index >= 15 is 0 Å². The van der Waals surface area contributed by atoms with Crippen molar-refractivity contribution in [1.82, 2.24) is 4.31 Å². The standard InChI is InChI=1S/C17H15F3N2O3S2/c18-17(19,20)12-5-4-6-13(9-12)21-16(23)15-10-26-11-22(15)27(24,25)14-7-2-1-3-8-14/h1-9,15H,10-11H2,(H,21,23)/t15-/m0/s1. The van der Waals surface area contributed by atoms with Crippen molar-refractivity contribution in [3.8, 4) is 0 Å². The largest absolute Gasteiger partial charge is 0.416 e. The Morgan fingerprint density at radius 3 is 2.48 bits per heavy atom. The molecule has 5 nitrogen and oxygen atoms in total. The van der Waals surface area contributed by atoms with Crippen LogP contribution in [0, 0.1) is 0 Å². The Morgan fingerprint density at radius 1 is 1.11 bits per heavy atom. The van der Waals surface area contributed by atoms with Gasteiger partial charge in [0.2, 0.25) is 15.9 Å². The van der Waals surface area contributed by atoms with E-state index in [0.29, 0.717) is 0 Å². The van der Waals surface area contributed by atoms with Crippen LogP contribution in [0.4, 0.5) is 18.9 Å².